The third-order valence-corrected chi connectivity index (χ3v) is 4.53. The van der Waals surface area contributed by atoms with Crippen LogP contribution < -0.4 is 10.1 Å². The molecule has 2 aromatic rings. The molecule has 3 amide bonds. The van der Waals surface area contributed by atoms with Crippen molar-refractivity contribution < 1.29 is 19.4 Å². The van der Waals surface area contributed by atoms with Crippen molar-refractivity contribution in [3.05, 3.63) is 65.2 Å². The van der Waals surface area contributed by atoms with Crippen molar-refractivity contribution in [3.8, 4) is 5.75 Å². The third-order valence-electron chi connectivity index (χ3n) is 4.28. The van der Waals surface area contributed by atoms with E-state index < -0.39 is 23.6 Å². The summed E-state index contributed by atoms with van der Waals surface area (Å²) in [6.07, 6.45) is -1.00. The van der Waals surface area contributed by atoms with Gasteiger partial charge in [0.1, 0.15) is 24.0 Å². The van der Waals surface area contributed by atoms with Crippen LogP contribution in [-0.4, -0.2) is 41.2 Å². The summed E-state index contributed by atoms with van der Waals surface area (Å²) in [5.74, 6) is 0.179. The van der Waals surface area contributed by atoms with Gasteiger partial charge in [-0.05, 0) is 36.8 Å². The van der Waals surface area contributed by atoms with E-state index in [0.717, 1.165) is 4.90 Å². The van der Waals surface area contributed by atoms with Crippen molar-refractivity contribution in [1.29, 1.82) is 0 Å². The van der Waals surface area contributed by atoms with E-state index >= 15 is 0 Å². The summed E-state index contributed by atoms with van der Waals surface area (Å²) in [5, 5.41) is 13.4. The Labute approximate surface area is 156 Å². The van der Waals surface area contributed by atoms with Crippen LogP contribution in [0.4, 0.5) is 4.79 Å². The fraction of sp³-hybridized carbons (Fsp3) is 0.263. The second-order valence-electron chi connectivity index (χ2n) is 6.26. The highest BCUT2D eigenvalue weighted by Gasteiger charge is 2.49. The molecule has 2 unspecified atom stereocenters. The smallest absolute Gasteiger partial charge is 0.325 e. The first kappa shape index (κ1) is 18.2. The van der Waals surface area contributed by atoms with Gasteiger partial charge in [0.05, 0.1) is 6.54 Å². The van der Waals surface area contributed by atoms with E-state index in [1.807, 2.05) is 18.2 Å². The number of aliphatic hydroxyl groups excluding tert-OH is 1. The molecule has 0 aromatic heterocycles. The normalized spacial score (nSPS) is 20.8. The first-order valence-electron chi connectivity index (χ1n) is 8.16. The van der Waals surface area contributed by atoms with E-state index in [1.165, 1.54) is 0 Å². The number of imide groups is 1. The van der Waals surface area contributed by atoms with Crippen molar-refractivity contribution >= 4 is 23.5 Å². The van der Waals surface area contributed by atoms with E-state index in [-0.39, 0.29) is 13.2 Å². The summed E-state index contributed by atoms with van der Waals surface area (Å²) in [6, 6.07) is 15.2. The molecular formula is C19H19ClN2O4. The Morgan fingerprint density at radius 1 is 1.15 bits per heavy atom. The number of ether oxygens (including phenoxy) is 1. The fourth-order valence-corrected chi connectivity index (χ4v) is 2.94. The molecule has 1 aliphatic rings. The molecule has 0 bridgehead atoms. The average Bonchev–Trinajstić information content (AvgIpc) is 2.85. The Morgan fingerprint density at radius 3 is 2.46 bits per heavy atom. The largest absolute Gasteiger partial charge is 0.491 e. The molecule has 6 nitrogen and oxygen atoms in total. The number of nitrogens with zero attached hydrogens (tertiary/aromatic N) is 1. The van der Waals surface area contributed by atoms with Crippen LogP contribution in [0.2, 0.25) is 5.02 Å². The second-order valence-corrected chi connectivity index (χ2v) is 6.69. The lowest BCUT2D eigenvalue weighted by molar-refractivity contribution is -0.132. The minimum absolute atomic E-state index is 0.0290. The van der Waals surface area contributed by atoms with Crippen molar-refractivity contribution in [2.75, 3.05) is 13.2 Å². The van der Waals surface area contributed by atoms with Crippen LogP contribution >= 0.6 is 11.6 Å². The van der Waals surface area contributed by atoms with Gasteiger partial charge in [0.15, 0.2) is 0 Å². The van der Waals surface area contributed by atoms with Crippen LogP contribution in [0.25, 0.3) is 0 Å². The minimum Gasteiger partial charge on any atom is -0.491 e. The molecular weight excluding hydrogens is 356 g/mol. The molecule has 26 heavy (non-hydrogen) atoms. The summed E-state index contributed by atoms with van der Waals surface area (Å²) in [7, 11) is 0. The predicted molar refractivity (Wildman–Crippen MR) is 97.0 cm³/mol. The minimum atomic E-state index is -1.19. The number of para-hydroxylation sites is 1. The molecule has 1 fully saturated rings. The number of nitrogens with one attached hydrogen (secondary N) is 1. The zero-order chi connectivity index (χ0) is 18.7. The first-order chi connectivity index (χ1) is 12.4. The third kappa shape index (κ3) is 3.66. The van der Waals surface area contributed by atoms with E-state index in [2.05, 4.69) is 5.32 Å². The first-order valence-corrected chi connectivity index (χ1v) is 8.54. The van der Waals surface area contributed by atoms with Crippen LogP contribution in [0, 0.1) is 0 Å². The quantitative estimate of drug-likeness (QED) is 0.762. The number of carbonyl (C=O) groups is 2. The van der Waals surface area contributed by atoms with Gasteiger partial charge in [-0.2, -0.15) is 0 Å². The summed E-state index contributed by atoms with van der Waals surface area (Å²) in [5.41, 5.74) is -0.570. The molecule has 0 spiro atoms. The molecule has 136 valence electrons. The van der Waals surface area contributed by atoms with Gasteiger partial charge in [-0.3, -0.25) is 9.69 Å². The summed E-state index contributed by atoms with van der Waals surface area (Å²) >= 11 is 5.88. The number of halogens is 1. The van der Waals surface area contributed by atoms with Gasteiger partial charge >= 0.3 is 6.03 Å². The number of amides is 3. The molecule has 1 heterocycles. The molecule has 1 saturated heterocycles. The van der Waals surface area contributed by atoms with Gasteiger partial charge in [0.25, 0.3) is 5.91 Å². The van der Waals surface area contributed by atoms with E-state index in [9.17, 15) is 14.7 Å². The van der Waals surface area contributed by atoms with Crippen LogP contribution in [0.15, 0.2) is 54.6 Å². The van der Waals surface area contributed by atoms with Crippen molar-refractivity contribution in [1.82, 2.24) is 10.2 Å². The Kier molecular flexibility index (Phi) is 5.15. The number of carbonyl (C=O) groups excluding carboxylic acids is 2. The molecule has 0 radical (unpaired) electrons. The van der Waals surface area contributed by atoms with Crippen molar-refractivity contribution in [3.63, 3.8) is 0 Å². The van der Waals surface area contributed by atoms with Gasteiger partial charge in [-0.1, -0.05) is 41.9 Å². The molecule has 0 aliphatic carbocycles. The molecule has 0 saturated carbocycles. The lowest BCUT2D eigenvalue weighted by Crippen LogP contribution is -2.42. The van der Waals surface area contributed by atoms with Crippen LogP contribution in [0.3, 0.4) is 0 Å². The van der Waals surface area contributed by atoms with Crippen LogP contribution in [0.1, 0.15) is 12.5 Å². The molecule has 2 atom stereocenters. The van der Waals surface area contributed by atoms with Crippen LogP contribution in [0.5, 0.6) is 5.75 Å². The molecule has 7 heteroatoms. The summed E-state index contributed by atoms with van der Waals surface area (Å²) in [6.45, 7) is 1.45. The second kappa shape index (κ2) is 7.35. The van der Waals surface area contributed by atoms with Gasteiger partial charge in [0.2, 0.25) is 0 Å². The topological polar surface area (TPSA) is 78.9 Å². The average molecular weight is 375 g/mol. The molecule has 2 N–H and O–H groups in total. The van der Waals surface area contributed by atoms with Crippen LogP contribution in [-0.2, 0) is 10.3 Å². The number of hydrogen-bond acceptors (Lipinski definition) is 4. The summed E-state index contributed by atoms with van der Waals surface area (Å²) in [4.78, 5) is 26.1. The maximum Gasteiger partial charge on any atom is 0.325 e. The van der Waals surface area contributed by atoms with Gasteiger partial charge in [-0.15, -0.1) is 0 Å². The Balaban J connectivity index is 1.66. The maximum atomic E-state index is 12.8. The highest BCUT2D eigenvalue weighted by Crippen LogP contribution is 2.29. The number of urea groups is 1. The number of benzene rings is 2. The summed E-state index contributed by atoms with van der Waals surface area (Å²) < 4.78 is 5.46. The predicted octanol–water partition coefficient (Wildman–Crippen LogP) is 2.55. The number of hydrogen-bond donors (Lipinski definition) is 2. The lowest BCUT2D eigenvalue weighted by Gasteiger charge is -2.23. The Bertz CT molecular complexity index is 797. The molecule has 2 aromatic carbocycles. The van der Waals surface area contributed by atoms with Gasteiger partial charge < -0.3 is 15.2 Å². The van der Waals surface area contributed by atoms with Crippen molar-refractivity contribution in [2.24, 2.45) is 0 Å². The lowest BCUT2D eigenvalue weighted by atomic mass is 9.92. The molecule has 1 aliphatic heterocycles. The Morgan fingerprint density at radius 2 is 1.81 bits per heavy atom. The number of rotatable bonds is 6. The van der Waals surface area contributed by atoms with Crippen molar-refractivity contribution in [2.45, 2.75) is 18.6 Å². The monoisotopic (exact) mass is 374 g/mol. The SMILES string of the molecule is CC1(c2ccc(Cl)cc2)NC(=O)N(CC(O)COc2ccccc2)C1=O. The zero-order valence-electron chi connectivity index (χ0n) is 14.2. The Hall–Kier alpha value is -2.57. The fourth-order valence-electron chi connectivity index (χ4n) is 2.81. The number of aliphatic hydroxyl groups is 1. The van der Waals surface area contributed by atoms with E-state index in [1.54, 1.807) is 43.3 Å². The highest BCUT2D eigenvalue weighted by atomic mass is 35.5. The number of β-amino-alcohol motifs (C(OH)–C–C–N with tert-alkyl or cyclic N) is 1. The molecule has 3 rings (SSSR count). The maximum absolute atomic E-state index is 12.8. The van der Waals surface area contributed by atoms with E-state index in [0.29, 0.717) is 16.3 Å². The standard InChI is InChI=1S/C19H19ClN2O4/c1-19(13-7-9-14(20)10-8-13)17(24)22(18(25)21-19)11-15(23)12-26-16-5-3-2-4-6-16/h2-10,15,23H,11-12H2,1H3,(H,21,25). The zero-order valence-corrected chi connectivity index (χ0v) is 14.9. The highest BCUT2D eigenvalue weighted by molar-refractivity contribution is 6.30. The van der Waals surface area contributed by atoms with Gasteiger partial charge in [-0.25, -0.2) is 4.79 Å². The van der Waals surface area contributed by atoms with E-state index in [4.69, 9.17) is 16.3 Å². The van der Waals surface area contributed by atoms with Gasteiger partial charge in [0, 0.05) is 5.02 Å².